The Hall–Kier alpha value is -3.41. The van der Waals surface area contributed by atoms with Gasteiger partial charge in [-0.3, -0.25) is 9.20 Å². The van der Waals surface area contributed by atoms with E-state index >= 15 is 0 Å². The second kappa shape index (κ2) is 6.05. The molecule has 5 rings (SSSR count). The molecule has 0 unspecified atom stereocenters. The van der Waals surface area contributed by atoms with Gasteiger partial charge in [-0.1, -0.05) is 0 Å². The smallest absolute Gasteiger partial charge is 0.343 e. The van der Waals surface area contributed by atoms with Gasteiger partial charge in [0.05, 0.1) is 12.6 Å². The molecule has 4 aromatic rings. The number of carbonyl (C=O) groups is 1. The number of methoxy groups -OCH3 is 1. The van der Waals surface area contributed by atoms with Crippen LogP contribution in [0, 0.1) is 6.92 Å². The summed E-state index contributed by atoms with van der Waals surface area (Å²) in [6.45, 7) is 2.02. The Bertz CT molecular complexity index is 1310. The molecule has 1 fully saturated rings. The Morgan fingerprint density at radius 3 is 2.86 bits per heavy atom. The normalized spacial score (nSPS) is 13.9. The molecule has 0 spiro atoms. The van der Waals surface area contributed by atoms with Crippen molar-refractivity contribution in [2.75, 3.05) is 7.11 Å². The van der Waals surface area contributed by atoms with E-state index in [0.29, 0.717) is 5.92 Å². The lowest BCUT2D eigenvalue weighted by Crippen LogP contribution is -2.24. The van der Waals surface area contributed by atoms with E-state index in [4.69, 9.17) is 4.74 Å². The number of hydrogen-bond acceptors (Lipinski definition) is 4. The number of aromatic amines is 1. The Morgan fingerprint density at radius 2 is 2.11 bits per heavy atom. The van der Waals surface area contributed by atoms with E-state index in [9.17, 15) is 9.59 Å². The number of carbonyl (C=O) groups excluding carboxylic acids is 1. The highest BCUT2D eigenvalue weighted by atomic mass is 16.5. The van der Waals surface area contributed by atoms with Crippen LogP contribution in [0.5, 0.6) is 0 Å². The zero-order valence-electron chi connectivity index (χ0n) is 15.7. The molecule has 0 aromatic carbocycles. The van der Waals surface area contributed by atoms with Crippen molar-refractivity contribution in [3.05, 3.63) is 69.9 Å². The van der Waals surface area contributed by atoms with Crippen molar-refractivity contribution < 1.29 is 9.53 Å². The number of rotatable bonds is 3. The first kappa shape index (κ1) is 16.7. The van der Waals surface area contributed by atoms with Crippen molar-refractivity contribution in [2.45, 2.75) is 25.7 Å². The summed E-state index contributed by atoms with van der Waals surface area (Å²) in [5.74, 6) is -0.219. The molecule has 0 atom stereocenters. The molecule has 140 valence electrons. The van der Waals surface area contributed by atoms with Crippen LogP contribution in [0.15, 0.2) is 47.7 Å². The van der Waals surface area contributed by atoms with Crippen LogP contribution in [-0.4, -0.2) is 27.4 Å². The van der Waals surface area contributed by atoms with Crippen LogP contribution in [0.25, 0.3) is 27.7 Å². The standard InChI is InChI=1S/C22H19N3O3/c1-12-16(15-9-14-5-7-23-20(14)24-11-15)6-8-25-19(12)17(13-3-4-13)10-18(21(25)26)22(27)28-2/h5-11,13H,3-4H2,1-2H3,(H,23,24). The van der Waals surface area contributed by atoms with Gasteiger partial charge >= 0.3 is 5.97 Å². The predicted molar refractivity (Wildman–Crippen MR) is 107 cm³/mol. The number of pyridine rings is 3. The molecule has 4 aromatic heterocycles. The third-order valence-corrected chi connectivity index (χ3v) is 5.55. The zero-order chi connectivity index (χ0) is 19.4. The monoisotopic (exact) mass is 373 g/mol. The van der Waals surface area contributed by atoms with Gasteiger partial charge in [0.15, 0.2) is 0 Å². The first-order chi connectivity index (χ1) is 13.6. The van der Waals surface area contributed by atoms with Gasteiger partial charge in [0.25, 0.3) is 5.56 Å². The van der Waals surface area contributed by atoms with Gasteiger partial charge in [0, 0.05) is 29.5 Å². The van der Waals surface area contributed by atoms with E-state index in [1.54, 1.807) is 16.7 Å². The maximum absolute atomic E-state index is 12.9. The second-order valence-electron chi connectivity index (χ2n) is 7.30. The number of aromatic nitrogens is 3. The number of nitrogens with zero attached hydrogens (tertiary/aromatic N) is 2. The van der Waals surface area contributed by atoms with Crippen LogP contribution in [-0.2, 0) is 4.74 Å². The van der Waals surface area contributed by atoms with Crippen molar-refractivity contribution in [3.63, 3.8) is 0 Å². The summed E-state index contributed by atoms with van der Waals surface area (Å²) in [6.07, 6.45) is 7.59. The zero-order valence-corrected chi connectivity index (χ0v) is 15.7. The average Bonchev–Trinajstić information content (AvgIpc) is 3.44. The molecule has 6 heteroatoms. The van der Waals surface area contributed by atoms with E-state index in [2.05, 4.69) is 16.0 Å². The number of aryl methyl sites for hydroxylation is 1. The van der Waals surface area contributed by atoms with E-state index in [-0.39, 0.29) is 11.1 Å². The minimum absolute atomic E-state index is 0.0875. The van der Waals surface area contributed by atoms with Crippen molar-refractivity contribution >= 4 is 22.5 Å². The van der Waals surface area contributed by atoms with Gasteiger partial charge in [-0.25, -0.2) is 9.78 Å². The molecular formula is C22H19N3O3. The first-order valence-electron chi connectivity index (χ1n) is 9.29. The fourth-order valence-corrected chi connectivity index (χ4v) is 3.96. The molecule has 0 radical (unpaired) electrons. The summed E-state index contributed by atoms with van der Waals surface area (Å²) in [6, 6.07) is 7.73. The van der Waals surface area contributed by atoms with Crippen LogP contribution >= 0.6 is 0 Å². The molecule has 0 bridgehead atoms. The molecule has 0 aliphatic heterocycles. The highest BCUT2D eigenvalue weighted by Crippen LogP contribution is 2.43. The molecule has 4 heterocycles. The van der Waals surface area contributed by atoms with Crippen LogP contribution in [0.1, 0.15) is 40.2 Å². The third kappa shape index (κ3) is 2.45. The fraction of sp³-hybridized carbons (Fsp3) is 0.227. The van der Waals surface area contributed by atoms with Crippen LogP contribution in [0.2, 0.25) is 0 Å². The summed E-state index contributed by atoms with van der Waals surface area (Å²) in [5, 5.41) is 1.04. The first-order valence-corrected chi connectivity index (χ1v) is 9.29. The van der Waals surface area contributed by atoms with Gasteiger partial charge in [0.2, 0.25) is 0 Å². The molecule has 1 saturated carbocycles. The van der Waals surface area contributed by atoms with E-state index < -0.39 is 5.97 Å². The van der Waals surface area contributed by atoms with Crippen molar-refractivity contribution in [2.24, 2.45) is 0 Å². The number of fused-ring (bicyclic) bond motifs is 2. The lowest BCUT2D eigenvalue weighted by Gasteiger charge is -2.15. The van der Waals surface area contributed by atoms with E-state index in [1.807, 2.05) is 31.5 Å². The second-order valence-corrected chi connectivity index (χ2v) is 7.30. The van der Waals surface area contributed by atoms with Crippen molar-refractivity contribution in [1.29, 1.82) is 0 Å². The fourth-order valence-electron chi connectivity index (χ4n) is 3.96. The third-order valence-electron chi connectivity index (χ3n) is 5.55. The summed E-state index contributed by atoms with van der Waals surface area (Å²) in [5.41, 5.74) is 5.54. The SMILES string of the molecule is COC(=O)c1cc(C2CC2)c2c(C)c(-c3cnc4[nH]ccc4c3)ccn2c1=O. The van der Waals surface area contributed by atoms with Crippen LogP contribution in [0.4, 0.5) is 0 Å². The molecule has 1 aliphatic carbocycles. The Kier molecular flexibility index (Phi) is 3.62. The van der Waals surface area contributed by atoms with E-state index in [1.165, 1.54) is 7.11 Å². The summed E-state index contributed by atoms with van der Waals surface area (Å²) < 4.78 is 6.40. The average molecular weight is 373 g/mol. The summed E-state index contributed by atoms with van der Waals surface area (Å²) in [7, 11) is 1.30. The summed E-state index contributed by atoms with van der Waals surface area (Å²) >= 11 is 0. The van der Waals surface area contributed by atoms with Gasteiger partial charge in [0.1, 0.15) is 11.2 Å². The lowest BCUT2D eigenvalue weighted by atomic mass is 9.97. The van der Waals surface area contributed by atoms with E-state index in [0.717, 1.165) is 51.6 Å². The highest BCUT2D eigenvalue weighted by molar-refractivity contribution is 5.91. The number of nitrogens with one attached hydrogen (secondary N) is 1. The molecule has 6 nitrogen and oxygen atoms in total. The van der Waals surface area contributed by atoms with Gasteiger partial charge < -0.3 is 9.72 Å². The molecule has 1 N–H and O–H groups in total. The van der Waals surface area contributed by atoms with Crippen LogP contribution in [0.3, 0.4) is 0 Å². The Balaban J connectivity index is 1.80. The molecular weight excluding hydrogens is 354 g/mol. The minimum Gasteiger partial charge on any atom is -0.465 e. The predicted octanol–water partition coefficient (Wildman–Crippen LogP) is 3.82. The Labute approximate surface area is 160 Å². The quantitative estimate of drug-likeness (QED) is 0.554. The number of H-pyrrole nitrogens is 1. The maximum atomic E-state index is 12.9. The molecule has 0 amide bonds. The highest BCUT2D eigenvalue weighted by Gasteiger charge is 2.29. The number of esters is 1. The molecule has 28 heavy (non-hydrogen) atoms. The number of ether oxygens (including phenoxy) is 1. The van der Waals surface area contributed by atoms with Crippen LogP contribution < -0.4 is 5.56 Å². The van der Waals surface area contributed by atoms with Crippen molar-refractivity contribution in [3.8, 4) is 11.1 Å². The van der Waals surface area contributed by atoms with Gasteiger partial charge in [-0.15, -0.1) is 0 Å². The van der Waals surface area contributed by atoms with Gasteiger partial charge in [-0.2, -0.15) is 0 Å². The lowest BCUT2D eigenvalue weighted by molar-refractivity contribution is 0.0598. The largest absolute Gasteiger partial charge is 0.465 e. The minimum atomic E-state index is -0.592. The van der Waals surface area contributed by atoms with Crippen molar-refractivity contribution in [1.82, 2.24) is 14.4 Å². The van der Waals surface area contributed by atoms with Gasteiger partial charge in [-0.05, 0) is 66.6 Å². The Morgan fingerprint density at radius 1 is 1.29 bits per heavy atom. The summed E-state index contributed by atoms with van der Waals surface area (Å²) in [4.78, 5) is 32.6. The molecule has 0 saturated heterocycles. The molecule has 1 aliphatic rings. The maximum Gasteiger partial charge on any atom is 0.343 e. The topological polar surface area (TPSA) is 76.5 Å². The number of hydrogen-bond donors (Lipinski definition) is 1.